The Morgan fingerprint density at radius 1 is 1.35 bits per heavy atom. The van der Waals surface area contributed by atoms with Crippen LogP contribution < -0.4 is 10.0 Å². The molecule has 1 heterocycles. The molecule has 5 nitrogen and oxygen atoms in total. The summed E-state index contributed by atoms with van der Waals surface area (Å²) in [5, 5.41) is 3.02. The summed E-state index contributed by atoms with van der Waals surface area (Å²) in [6.07, 6.45) is 1.88. The summed E-state index contributed by atoms with van der Waals surface area (Å²) in [5.41, 5.74) is 0. The van der Waals surface area contributed by atoms with Gasteiger partial charge in [0.05, 0.1) is 5.75 Å². The van der Waals surface area contributed by atoms with Crippen LogP contribution in [0.15, 0.2) is 0 Å². The summed E-state index contributed by atoms with van der Waals surface area (Å²) in [6, 6.07) is 0.00512. The second-order valence-corrected chi connectivity index (χ2v) is 6.40. The fraction of sp³-hybridized carbons (Fsp3) is 1.00. The fourth-order valence-electron chi connectivity index (χ4n) is 2.04. The molecule has 17 heavy (non-hydrogen) atoms. The molecule has 0 saturated carbocycles. The van der Waals surface area contributed by atoms with E-state index in [1.807, 2.05) is 13.8 Å². The van der Waals surface area contributed by atoms with Crippen molar-refractivity contribution in [3.8, 4) is 0 Å². The van der Waals surface area contributed by atoms with Crippen molar-refractivity contribution in [1.29, 1.82) is 0 Å². The molecule has 1 rings (SSSR count). The van der Waals surface area contributed by atoms with Crippen LogP contribution >= 0.6 is 0 Å². The SMILES string of the molecule is CCNCCS(=O)(=O)NC(C)C1CCOCC1. The molecule has 1 atom stereocenters. The van der Waals surface area contributed by atoms with Crippen LogP contribution in [0.25, 0.3) is 0 Å². The Kier molecular flexibility index (Phi) is 6.40. The molecule has 1 saturated heterocycles. The number of ether oxygens (including phenoxy) is 1. The minimum absolute atomic E-state index is 0.00512. The molecular weight excluding hydrogens is 240 g/mol. The fourth-order valence-corrected chi connectivity index (χ4v) is 3.33. The molecular formula is C11H24N2O3S. The summed E-state index contributed by atoms with van der Waals surface area (Å²) in [6.45, 7) is 6.70. The van der Waals surface area contributed by atoms with Gasteiger partial charge in [0, 0.05) is 25.8 Å². The highest BCUT2D eigenvalue weighted by molar-refractivity contribution is 7.89. The first-order chi connectivity index (χ1) is 8.05. The van der Waals surface area contributed by atoms with E-state index in [2.05, 4.69) is 10.0 Å². The zero-order chi connectivity index (χ0) is 12.7. The molecule has 1 aliphatic rings. The predicted molar refractivity (Wildman–Crippen MR) is 68.5 cm³/mol. The zero-order valence-corrected chi connectivity index (χ0v) is 11.6. The topological polar surface area (TPSA) is 67.4 Å². The maximum absolute atomic E-state index is 11.8. The Bertz CT molecular complexity index is 300. The third-order valence-electron chi connectivity index (χ3n) is 3.14. The number of sulfonamides is 1. The van der Waals surface area contributed by atoms with Crippen molar-refractivity contribution >= 4 is 10.0 Å². The van der Waals surface area contributed by atoms with E-state index in [4.69, 9.17) is 4.74 Å². The lowest BCUT2D eigenvalue weighted by atomic mass is 9.94. The standard InChI is InChI=1S/C11H24N2O3S/c1-3-12-6-9-17(14,15)13-10(2)11-4-7-16-8-5-11/h10-13H,3-9H2,1-2H3. The minimum atomic E-state index is -3.16. The van der Waals surface area contributed by atoms with E-state index in [-0.39, 0.29) is 11.8 Å². The molecule has 0 aromatic heterocycles. The van der Waals surface area contributed by atoms with E-state index in [9.17, 15) is 8.42 Å². The van der Waals surface area contributed by atoms with Gasteiger partial charge in [0.25, 0.3) is 0 Å². The molecule has 0 amide bonds. The second-order valence-electron chi connectivity index (χ2n) is 4.53. The molecule has 0 bridgehead atoms. The summed E-state index contributed by atoms with van der Waals surface area (Å²) in [7, 11) is -3.16. The summed E-state index contributed by atoms with van der Waals surface area (Å²) in [5.74, 6) is 0.548. The van der Waals surface area contributed by atoms with Crippen LogP contribution in [0.2, 0.25) is 0 Å². The number of nitrogens with one attached hydrogen (secondary N) is 2. The highest BCUT2D eigenvalue weighted by Gasteiger charge is 2.24. The van der Waals surface area contributed by atoms with Gasteiger partial charge in [0.1, 0.15) is 0 Å². The van der Waals surface area contributed by atoms with Crippen molar-refractivity contribution in [3.05, 3.63) is 0 Å². The van der Waals surface area contributed by atoms with Crippen LogP contribution in [-0.4, -0.2) is 46.5 Å². The average molecular weight is 264 g/mol. The Balaban J connectivity index is 2.34. The van der Waals surface area contributed by atoms with Crippen molar-refractivity contribution in [2.24, 2.45) is 5.92 Å². The normalized spacial score (nSPS) is 20.4. The van der Waals surface area contributed by atoms with E-state index >= 15 is 0 Å². The molecule has 0 aromatic rings. The van der Waals surface area contributed by atoms with Gasteiger partial charge in [-0.15, -0.1) is 0 Å². The maximum Gasteiger partial charge on any atom is 0.213 e. The van der Waals surface area contributed by atoms with Crippen LogP contribution in [0, 0.1) is 5.92 Å². The number of hydrogen-bond acceptors (Lipinski definition) is 4. The molecule has 102 valence electrons. The maximum atomic E-state index is 11.8. The van der Waals surface area contributed by atoms with Gasteiger partial charge in [-0.05, 0) is 32.2 Å². The lowest BCUT2D eigenvalue weighted by molar-refractivity contribution is 0.0586. The van der Waals surface area contributed by atoms with Crippen LogP contribution in [0.3, 0.4) is 0 Å². The molecule has 0 radical (unpaired) electrons. The molecule has 1 unspecified atom stereocenters. The highest BCUT2D eigenvalue weighted by Crippen LogP contribution is 2.18. The van der Waals surface area contributed by atoms with Gasteiger partial charge in [-0.3, -0.25) is 0 Å². The van der Waals surface area contributed by atoms with Crippen LogP contribution in [0.5, 0.6) is 0 Å². The first kappa shape index (κ1) is 14.9. The molecule has 1 aliphatic heterocycles. The highest BCUT2D eigenvalue weighted by atomic mass is 32.2. The number of rotatable bonds is 7. The van der Waals surface area contributed by atoms with E-state index in [0.717, 1.165) is 32.6 Å². The van der Waals surface area contributed by atoms with Crippen LogP contribution in [0.1, 0.15) is 26.7 Å². The Hall–Kier alpha value is -0.170. The van der Waals surface area contributed by atoms with Gasteiger partial charge in [0.2, 0.25) is 10.0 Å². The van der Waals surface area contributed by atoms with Crippen molar-refractivity contribution in [3.63, 3.8) is 0 Å². The average Bonchev–Trinajstić information content (AvgIpc) is 2.30. The van der Waals surface area contributed by atoms with E-state index in [1.54, 1.807) is 0 Å². The largest absolute Gasteiger partial charge is 0.381 e. The quantitative estimate of drug-likeness (QED) is 0.650. The smallest absolute Gasteiger partial charge is 0.213 e. The Labute approximate surface area is 104 Å². The predicted octanol–water partition coefficient (Wildman–Crippen LogP) is 0.330. The van der Waals surface area contributed by atoms with E-state index in [0.29, 0.717) is 12.5 Å². The van der Waals surface area contributed by atoms with Crippen molar-refractivity contribution in [1.82, 2.24) is 10.0 Å². The molecule has 6 heteroatoms. The first-order valence-electron chi connectivity index (χ1n) is 6.33. The first-order valence-corrected chi connectivity index (χ1v) is 7.99. The Morgan fingerprint density at radius 3 is 2.59 bits per heavy atom. The molecule has 1 fully saturated rings. The van der Waals surface area contributed by atoms with Crippen LogP contribution in [-0.2, 0) is 14.8 Å². The second kappa shape index (κ2) is 7.31. The molecule has 0 spiro atoms. The number of hydrogen-bond donors (Lipinski definition) is 2. The van der Waals surface area contributed by atoms with E-state index < -0.39 is 10.0 Å². The van der Waals surface area contributed by atoms with Gasteiger partial charge in [-0.2, -0.15) is 0 Å². The van der Waals surface area contributed by atoms with Crippen molar-refractivity contribution in [2.45, 2.75) is 32.7 Å². The summed E-state index contributed by atoms with van der Waals surface area (Å²) >= 11 is 0. The van der Waals surface area contributed by atoms with E-state index in [1.165, 1.54) is 0 Å². The minimum Gasteiger partial charge on any atom is -0.381 e. The van der Waals surface area contributed by atoms with Crippen molar-refractivity contribution < 1.29 is 13.2 Å². The third-order valence-corrected chi connectivity index (χ3v) is 4.61. The van der Waals surface area contributed by atoms with Gasteiger partial charge in [-0.1, -0.05) is 6.92 Å². The summed E-state index contributed by atoms with van der Waals surface area (Å²) in [4.78, 5) is 0. The molecule has 0 aromatic carbocycles. The van der Waals surface area contributed by atoms with Gasteiger partial charge in [0.15, 0.2) is 0 Å². The van der Waals surface area contributed by atoms with Crippen LogP contribution in [0.4, 0.5) is 0 Å². The Morgan fingerprint density at radius 2 is 2.00 bits per heavy atom. The third kappa shape index (κ3) is 5.81. The van der Waals surface area contributed by atoms with Gasteiger partial charge >= 0.3 is 0 Å². The molecule has 2 N–H and O–H groups in total. The lowest BCUT2D eigenvalue weighted by Crippen LogP contribution is -2.42. The zero-order valence-electron chi connectivity index (χ0n) is 10.7. The van der Waals surface area contributed by atoms with Crippen molar-refractivity contribution in [2.75, 3.05) is 32.1 Å². The molecule has 0 aliphatic carbocycles. The lowest BCUT2D eigenvalue weighted by Gasteiger charge is -2.28. The monoisotopic (exact) mass is 264 g/mol. The van der Waals surface area contributed by atoms with Gasteiger partial charge < -0.3 is 10.1 Å². The van der Waals surface area contributed by atoms with Gasteiger partial charge in [-0.25, -0.2) is 13.1 Å². The summed E-state index contributed by atoms with van der Waals surface area (Å²) < 4.78 is 31.6.